The third-order valence-electron chi connectivity index (χ3n) is 8.59. The Labute approximate surface area is 243 Å². The molecule has 1 aromatic heterocycles. The Kier molecular flexibility index (Phi) is 8.13. The standard InChI is InChI=1S/C31H41N5O4S/c1-7-35(8-2)15-16-40-26-19-24-23(18-27(26)41(38,39)36-13-11-34(6)12-14-36)29(37)28-22-10-9-21(20-32-5)17-25(22)33-30(28)31(24,3)4/h9-10,17-20,33H,7-8,11-16H2,1-6H3/b32-20-. The van der Waals surface area contributed by atoms with Gasteiger partial charge in [-0.1, -0.05) is 39.8 Å². The summed E-state index contributed by atoms with van der Waals surface area (Å²) in [6.45, 7) is 13.2. The quantitative estimate of drug-likeness (QED) is 0.388. The lowest BCUT2D eigenvalue weighted by atomic mass is 9.71. The molecule has 1 aliphatic heterocycles. The van der Waals surface area contributed by atoms with Crippen LogP contribution in [0.2, 0.25) is 0 Å². The van der Waals surface area contributed by atoms with E-state index in [0.717, 1.165) is 40.8 Å². The van der Waals surface area contributed by atoms with E-state index < -0.39 is 15.4 Å². The van der Waals surface area contributed by atoms with Crippen LogP contribution in [0.1, 0.15) is 60.4 Å². The normalized spacial score (nSPS) is 17.9. The van der Waals surface area contributed by atoms with Gasteiger partial charge in [0.25, 0.3) is 0 Å². The molecule has 0 radical (unpaired) electrons. The molecule has 0 amide bonds. The number of aromatic nitrogens is 1. The highest BCUT2D eigenvalue weighted by atomic mass is 32.2. The summed E-state index contributed by atoms with van der Waals surface area (Å²) in [6.07, 6.45) is 1.78. The van der Waals surface area contributed by atoms with Gasteiger partial charge in [0, 0.05) is 73.6 Å². The smallest absolute Gasteiger partial charge is 0.246 e. The van der Waals surface area contributed by atoms with Crippen LogP contribution in [-0.2, 0) is 15.4 Å². The Morgan fingerprint density at radius 3 is 2.46 bits per heavy atom. The van der Waals surface area contributed by atoms with Crippen molar-refractivity contribution in [3.63, 3.8) is 0 Å². The molecule has 0 atom stereocenters. The lowest BCUT2D eigenvalue weighted by Gasteiger charge is -2.35. The van der Waals surface area contributed by atoms with Crippen LogP contribution < -0.4 is 4.74 Å². The van der Waals surface area contributed by atoms with Crippen molar-refractivity contribution in [2.75, 3.05) is 66.5 Å². The summed E-state index contributed by atoms with van der Waals surface area (Å²) < 4.78 is 35.9. The first-order chi connectivity index (χ1) is 19.5. The fraction of sp³-hybridized carbons (Fsp3) is 0.484. The molecule has 220 valence electrons. The first kappa shape index (κ1) is 29.4. The van der Waals surface area contributed by atoms with Crippen LogP contribution in [0, 0.1) is 0 Å². The molecule has 5 rings (SSSR count). The van der Waals surface area contributed by atoms with Crippen molar-refractivity contribution in [2.45, 2.75) is 38.0 Å². The fourth-order valence-corrected chi connectivity index (χ4v) is 7.55. The molecular weight excluding hydrogens is 538 g/mol. The number of hydrogen-bond donors (Lipinski definition) is 1. The summed E-state index contributed by atoms with van der Waals surface area (Å²) in [5, 5.41) is 0.819. The molecule has 0 unspecified atom stereocenters. The van der Waals surface area contributed by atoms with Gasteiger partial charge >= 0.3 is 0 Å². The van der Waals surface area contributed by atoms with Crippen LogP contribution in [0.25, 0.3) is 10.9 Å². The van der Waals surface area contributed by atoms with Crippen LogP contribution in [-0.4, -0.2) is 106 Å². The van der Waals surface area contributed by atoms with Gasteiger partial charge in [-0.15, -0.1) is 0 Å². The van der Waals surface area contributed by atoms with Crippen molar-refractivity contribution in [1.29, 1.82) is 0 Å². The number of ether oxygens (including phenoxy) is 1. The number of benzene rings is 2. The highest BCUT2D eigenvalue weighted by Gasteiger charge is 2.42. The fourth-order valence-electron chi connectivity index (χ4n) is 5.99. The second-order valence-corrected chi connectivity index (χ2v) is 13.4. The maximum Gasteiger partial charge on any atom is 0.246 e. The third kappa shape index (κ3) is 5.22. The molecule has 2 aliphatic rings. The summed E-state index contributed by atoms with van der Waals surface area (Å²) in [6, 6.07) is 9.23. The van der Waals surface area contributed by atoms with Gasteiger partial charge in [-0.25, -0.2) is 8.42 Å². The Morgan fingerprint density at radius 1 is 1.10 bits per heavy atom. The van der Waals surface area contributed by atoms with Gasteiger partial charge in [0.1, 0.15) is 17.3 Å². The SMILES string of the molecule is CCN(CC)CCOc1cc2c(cc1S(=O)(=O)N1CCN(C)CC1)C(=O)c1c([nH]c3cc(/C=N\C)ccc13)C2(C)C. The summed E-state index contributed by atoms with van der Waals surface area (Å²) >= 11 is 0. The summed E-state index contributed by atoms with van der Waals surface area (Å²) in [5.74, 6) is 0.124. The number of H-pyrrole nitrogens is 1. The molecule has 1 N–H and O–H groups in total. The van der Waals surface area contributed by atoms with Crippen molar-refractivity contribution >= 4 is 32.9 Å². The lowest BCUT2D eigenvalue weighted by Crippen LogP contribution is -2.47. The molecule has 3 aromatic rings. The molecule has 0 spiro atoms. The van der Waals surface area contributed by atoms with Gasteiger partial charge in [-0.2, -0.15) is 4.31 Å². The first-order valence-corrected chi connectivity index (χ1v) is 15.8. The van der Waals surface area contributed by atoms with Crippen LogP contribution in [0.5, 0.6) is 5.75 Å². The molecule has 9 nitrogen and oxygen atoms in total. The van der Waals surface area contributed by atoms with Gasteiger partial charge in [0.15, 0.2) is 5.78 Å². The minimum absolute atomic E-state index is 0.0641. The lowest BCUT2D eigenvalue weighted by molar-refractivity contribution is 0.103. The number of aliphatic imine (C=N–C) groups is 1. The highest BCUT2D eigenvalue weighted by molar-refractivity contribution is 7.89. The average Bonchev–Trinajstić information content (AvgIpc) is 3.34. The zero-order valence-electron chi connectivity index (χ0n) is 25.0. The summed E-state index contributed by atoms with van der Waals surface area (Å²) in [7, 11) is -0.184. The molecule has 2 aromatic carbocycles. The largest absolute Gasteiger partial charge is 0.491 e. The number of piperazine rings is 1. The van der Waals surface area contributed by atoms with Crippen molar-refractivity contribution in [1.82, 2.24) is 19.1 Å². The summed E-state index contributed by atoms with van der Waals surface area (Å²) in [5.41, 5.74) is 3.77. The minimum atomic E-state index is -3.90. The molecule has 0 saturated carbocycles. The molecule has 1 aliphatic carbocycles. The Bertz CT molecular complexity index is 1600. The maximum atomic E-state index is 14.2. The molecule has 41 heavy (non-hydrogen) atoms. The first-order valence-electron chi connectivity index (χ1n) is 14.4. The number of ketones is 1. The van der Waals surface area contributed by atoms with Gasteiger partial charge in [0.2, 0.25) is 10.0 Å². The third-order valence-corrected chi connectivity index (χ3v) is 10.5. The number of nitrogens with one attached hydrogen (secondary N) is 1. The second-order valence-electron chi connectivity index (χ2n) is 11.4. The number of carbonyl (C=O) groups excluding carboxylic acids is 1. The van der Waals surface area contributed by atoms with Crippen molar-refractivity contribution in [3.8, 4) is 5.75 Å². The number of nitrogens with zero attached hydrogens (tertiary/aromatic N) is 4. The van der Waals surface area contributed by atoms with Crippen LogP contribution >= 0.6 is 0 Å². The molecule has 10 heteroatoms. The van der Waals surface area contributed by atoms with Gasteiger partial charge in [-0.05, 0) is 49.5 Å². The Hall–Kier alpha value is -3.05. The molecule has 1 fully saturated rings. The van der Waals surface area contributed by atoms with Crippen molar-refractivity contribution < 1.29 is 17.9 Å². The second kappa shape index (κ2) is 11.3. The molecule has 1 saturated heterocycles. The van der Waals surface area contributed by atoms with Crippen LogP contribution in [0.3, 0.4) is 0 Å². The van der Waals surface area contributed by atoms with E-state index in [1.807, 2.05) is 25.2 Å². The van der Waals surface area contributed by atoms with Crippen LogP contribution in [0.15, 0.2) is 40.2 Å². The zero-order chi connectivity index (χ0) is 29.5. The van der Waals surface area contributed by atoms with E-state index >= 15 is 0 Å². The van der Waals surface area contributed by atoms with E-state index in [2.05, 4.69) is 47.5 Å². The average molecular weight is 580 g/mol. The predicted molar refractivity (Wildman–Crippen MR) is 163 cm³/mol. The van der Waals surface area contributed by atoms with E-state index in [4.69, 9.17) is 4.74 Å². The molecule has 2 heterocycles. The number of aromatic amines is 1. The van der Waals surface area contributed by atoms with Gasteiger partial charge in [-0.3, -0.25) is 9.79 Å². The Balaban J connectivity index is 1.64. The van der Waals surface area contributed by atoms with Crippen molar-refractivity contribution in [2.24, 2.45) is 4.99 Å². The van der Waals surface area contributed by atoms with E-state index in [0.29, 0.717) is 56.2 Å². The number of hydrogen-bond acceptors (Lipinski definition) is 7. The molecule has 0 bridgehead atoms. The summed E-state index contributed by atoms with van der Waals surface area (Å²) in [4.78, 5) is 26.2. The Morgan fingerprint density at radius 2 is 1.80 bits per heavy atom. The van der Waals surface area contributed by atoms with E-state index in [1.54, 1.807) is 25.4 Å². The number of sulfonamides is 1. The van der Waals surface area contributed by atoms with E-state index in [-0.39, 0.29) is 10.7 Å². The number of fused-ring (bicyclic) bond motifs is 4. The number of carbonyl (C=O) groups is 1. The predicted octanol–water partition coefficient (Wildman–Crippen LogP) is 3.74. The molecular formula is C31H41N5O4S. The minimum Gasteiger partial charge on any atom is -0.491 e. The van der Waals surface area contributed by atoms with Crippen LogP contribution in [0.4, 0.5) is 0 Å². The maximum absolute atomic E-state index is 14.2. The van der Waals surface area contributed by atoms with Gasteiger partial charge < -0.3 is 19.5 Å². The van der Waals surface area contributed by atoms with E-state index in [1.165, 1.54) is 4.31 Å². The number of likely N-dealkylation sites (N-methyl/N-ethyl adjacent to an activating group) is 2. The van der Waals surface area contributed by atoms with Crippen molar-refractivity contribution in [3.05, 3.63) is 58.3 Å². The topological polar surface area (TPSA) is 98.3 Å². The monoisotopic (exact) mass is 579 g/mol. The zero-order valence-corrected chi connectivity index (χ0v) is 25.8. The highest BCUT2D eigenvalue weighted by Crippen LogP contribution is 2.46. The number of rotatable bonds is 9. The van der Waals surface area contributed by atoms with Gasteiger partial charge in [0.05, 0.1) is 5.56 Å². The van der Waals surface area contributed by atoms with E-state index in [9.17, 15) is 13.2 Å².